The van der Waals surface area contributed by atoms with Gasteiger partial charge in [-0.2, -0.15) is 5.10 Å². The maximum atomic E-state index is 12.9. The van der Waals surface area contributed by atoms with Gasteiger partial charge in [-0.15, -0.1) is 0 Å². The number of nitrogens with zero attached hydrogens (tertiary/aromatic N) is 5. The number of carbonyl (C=O) groups is 2. The summed E-state index contributed by atoms with van der Waals surface area (Å²) in [6, 6.07) is 4.65. The molecule has 2 heterocycles. The van der Waals surface area contributed by atoms with E-state index >= 15 is 0 Å². The Morgan fingerprint density at radius 1 is 1.19 bits per heavy atom. The van der Waals surface area contributed by atoms with Gasteiger partial charge in [0.25, 0.3) is 11.5 Å². The van der Waals surface area contributed by atoms with Crippen LogP contribution in [-0.2, 0) is 9.59 Å². The van der Waals surface area contributed by atoms with Gasteiger partial charge < -0.3 is 4.90 Å². The van der Waals surface area contributed by atoms with Crippen LogP contribution in [0.4, 0.5) is 0 Å². The third kappa shape index (κ3) is 3.14. The maximum absolute atomic E-state index is 12.9. The lowest BCUT2D eigenvalue weighted by atomic mass is 10.1. The largest absolute Gasteiger partial charge is 0.347 e. The van der Waals surface area contributed by atoms with Crippen LogP contribution in [-0.4, -0.2) is 50.0 Å². The number of aromatic nitrogens is 4. The second kappa shape index (κ2) is 6.79. The fourth-order valence-corrected chi connectivity index (χ4v) is 3.06. The van der Waals surface area contributed by atoms with Crippen LogP contribution in [0.25, 0.3) is 16.7 Å². The van der Waals surface area contributed by atoms with Crippen molar-refractivity contribution in [3.63, 3.8) is 0 Å². The monoisotopic (exact) mass is 367 g/mol. The van der Waals surface area contributed by atoms with Crippen molar-refractivity contribution >= 4 is 22.7 Å². The lowest BCUT2D eigenvalue weighted by Crippen LogP contribution is -2.40. The Bertz CT molecular complexity index is 1110. The number of ketones is 1. The minimum atomic E-state index is -1.24. The molecule has 2 aromatic heterocycles. The molecule has 3 aromatic rings. The molecule has 1 amide bonds. The number of benzene rings is 1. The van der Waals surface area contributed by atoms with Crippen molar-refractivity contribution in [2.45, 2.75) is 26.8 Å². The first-order chi connectivity index (χ1) is 12.7. The lowest BCUT2D eigenvalue weighted by molar-refractivity contribution is -0.137. The number of carbonyl (C=O) groups excluding carboxylic acids is 2. The van der Waals surface area contributed by atoms with Crippen LogP contribution in [0.2, 0.25) is 0 Å². The highest BCUT2D eigenvalue weighted by molar-refractivity contribution is 6.02. The summed E-state index contributed by atoms with van der Waals surface area (Å²) in [5.41, 5.74) is 2.83. The molecule has 8 nitrogen and oxygen atoms in total. The summed E-state index contributed by atoms with van der Waals surface area (Å²) in [4.78, 5) is 42.9. The Balaban J connectivity index is 2.19. The number of fused-ring (bicyclic) bond motifs is 1. The minimum absolute atomic E-state index is 0.246. The van der Waals surface area contributed by atoms with Gasteiger partial charge in [-0.3, -0.25) is 19.0 Å². The van der Waals surface area contributed by atoms with Crippen LogP contribution in [0.3, 0.4) is 0 Å². The van der Waals surface area contributed by atoms with Gasteiger partial charge in [0.1, 0.15) is 11.7 Å². The van der Waals surface area contributed by atoms with Gasteiger partial charge in [-0.25, -0.2) is 9.67 Å². The van der Waals surface area contributed by atoms with Crippen molar-refractivity contribution in [2.24, 2.45) is 0 Å². The van der Waals surface area contributed by atoms with Gasteiger partial charge in [-0.1, -0.05) is 17.7 Å². The summed E-state index contributed by atoms with van der Waals surface area (Å²) >= 11 is 0. The molecule has 140 valence electrons. The summed E-state index contributed by atoms with van der Waals surface area (Å²) in [5.74, 6) is -0.911. The van der Waals surface area contributed by atoms with E-state index in [0.29, 0.717) is 5.65 Å². The molecule has 0 fully saturated rings. The molecule has 0 aliphatic rings. The summed E-state index contributed by atoms with van der Waals surface area (Å²) in [6.45, 7) is 5.24. The van der Waals surface area contributed by atoms with Crippen LogP contribution in [0, 0.1) is 13.8 Å². The van der Waals surface area contributed by atoms with Crippen LogP contribution in [0.5, 0.6) is 0 Å². The number of hydrogen-bond acceptors (Lipinski definition) is 5. The quantitative estimate of drug-likeness (QED) is 0.651. The molecule has 0 aliphatic carbocycles. The molecule has 0 unspecified atom stereocenters. The van der Waals surface area contributed by atoms with Crippen molar-refractivity contribution in [2.75, 3.05) is 14.1 Å². The molecule has 27 heavy (non-hydrogen) atoms. The zero-order valence-electron chi connectivity index (χ0n) is 15.9. The van der Waals surface area contributed by atoms with Gasteiger partial charge in [0.15, 0.2) is 17.5 Å². The number of Topliss-reactive ketones (excluding diaryl/α,β-unsaturated/α-hetero) is 1. The van der Waals surface area contributed by atoms with Crippen molar-refractivity contribution in [1.82, 2.24) is 24.2 Å². The summed E-state index contributed by atoms with van der Waals surface area (Å²) in [5, 5.41) is 4.55. The summed E-state index contributed by atoms with van der Waals surface area (Å²) in [6.07, 6.45) is 2.65. The molecule has 0 spiro atoms. The summed E-state index contributed by atoms with van der Waals surface area (Å²) in [7, 11) is 3.07. The van der Waals surface area contributed by atoms with Crippen LogP contribution in [0.1, 0.15) is 24.1 Å². The van der Waals surface area contributed by atoms with E-state index in [4.69, 9.17) is 0 Å². The summed E-state index contributed by atoms with van der Waals surface area (Å²) < 4.78 is 2.66. The number of amides is 1. The van der Waals surface area contributed by atoms with E-state index < -0.39 is 23.3 Å². The first-order valence-electron chi connectivity index (χ1n) is 8.46. The fraction of sp³-hybridized carbons (Fsp3) is 0.316. The van der Waals surface area contributed by atoms with Gasteiger partial charge in [-0.05, 0) is 32.4 Å². The highest BCUT2D eigenvalue weighted by atomic mass is 16.2. The van der Waals surface area contributed by atoms with E-state index in [9.17, 15) is 14.4 Å². The van der Waals surface area contributed by atoms with Gasteiger partial charge >= 0.3 is 0 Å². The molecule has 3 rings (SSSR count). The van der Waals surface area contributed by atoms with Crippen molar-refractivity contribution in [1.29, 1.82) is 0 Å². The lowest BCUT2D eigenvalue weighted by Gasteiger charge is -2.20. The molecule has 0 bridgehead atoms. The number of likely N-dealkylation sites (N-methyl/N-ethyl adjacent to an activating group) is 1. The molecular formula is C19H21N5O3. The standard InChI is InChI=1S/C19H21N5O3/c1-11-6-7-15(12(2)8-11)24-17-14(9-21-24)18(26)23(10-20-17)16(13(3)25)19(27)22(4)5/h6-10,16H,1-5H3/t16-/m1/s1. The Morgan fingerprint density at radius 3 is 2.48 bits per heavy atom. The molecule has 1 atom stereocenters. The normalized spacial score (nSPS) is 12.2. The second-order valence-corrected chi connectivity index (χ2v) is 6.79. The van der Waals surface area contributed by atoms with E-state index in [1.807, 2.05) is 32.0 Å². The van der Waals surface area contributed by atoms with E-state index in [-0.39, 0.29) is 5.39 Å². The fourth-order valence-electron chi connectivity index (χ4n) is 3.06. The van der Waals surface area contributed by atoms with E-state index in [1.54, 1.807) is 4.68 Å². The van der Waals surface area contributed by atoms with Crippen molar-refractivity contribution in [3.05, 3.63) is 52.2 Å². The number of rotatable bonds is 4. The molecule has 0 saturated heterocycles. The predicted octanol–water partition coefficient (Wildman–Crippen LogP) is 1.42. The van der Waals surface area contributed by atoms with Gasteiger partial charge in [0, 0.05) is 14.1 Å². The van der Waals surface area contributed by atoms with Crippen LogP contribution in [0.15, 0.2) is 35.5 Å². The number of hydrogen-bond donors (Lipinski definition) is 0. The highest BCUT2D eigenvalue weighted by Gasteiger charge is 2.29. The average Bonchev–Trinajstić information content (AvgIpc) is 3.01. The predicted molar refractivity (Wildman–Crippen MR) is 101 cm³/mol. The second-order valence-electron chi connectivity index (χ2n) is 6.79. The molecule has 8 heteroatoms. The molecule has 0 aliphatic heterocycles. The third-order valence-electron chi connectivity index (χ3n) is 4.43. The molecule has 0 saturated carbocycles. The minimum Gasteiger partial charge on any atom is -0.347 e. The first kappa shape index (κ1) is 18.5. The smallest absolute Gasteiger partial charge is 0.265 e. The Labute approximate surface area is 156 Å². The van der Waals surface area contributed by atoms with Gasteiger partial charge in [0.2, 0.25) is 0 Å². The maximum Gasteiger partial charge on any atom is 0.265 e. The Hall–Kier alpha value is -3.29. The molecule has 0 N–H and O–H groups in total. The molecule has 0 radical (unpaired) electrons. The zero-order valence-corrected chi connectivity index (χ0v) is 15.9. The highest BCUT2D eigenvalue weighted by Crippen LogP contribution is 2.19. The van der Waals surface area contributed by atoms with Crippen molar-refractivity contribution < 1.29 is 9.59 Å². The van der Waals surface area contributed by atoms with E-state index in [0.717, 1.165) is 21.4 Å². The van der Waals surface area contributed by atoms with E-state index in [1.165, 1.54) is 38.4 Å². The first-order valence-corrected chi connectivity index (χ1v) is 8.46. The van der Waals surface area contributed by atoms with Crippen LogP contribution >= 0.6 is 0 Å². The van der Waals surface area contributed by atoms with Gasteiger partial charge in [0.05, 0.1) is 11.9 Å². The Morgan fingerprint density at radius 2 is 1.89 bits per heavy atom. The topological polar surface area (TPSA) is 90.1 Å². The van der Waals surface area contributed by atoms with E-state index in [2.05, 4.69) is 10.1 Å². The molecular weight excluding hydrogens is 346 g/mol. The third-order valence-corrected chi connectivity index (χ3v) is 4.43. The zero-order chi connectivity index (χ0) is 19.9. The van der Waals surface area contributed by atoms with Crippen LogP contribution < -0.4 is 5.56 Å². The molecule has 1 aromatic carbocycles. The van der Waals surface area contributed by atoms with Crippen molar-refractivity contribution in [3.8, 4) is 5.69 Å². The number of aryl methyl sites for hydroxylation is 2. The average molecular weight is 367 g/mol. The Kier molecular flexibility index (Phi) is 4.65. The SMILES string of the molecule is CC(=O)[C@H](C(=O)N(C)C)n1cnc2c(cnn2-c2ccc(C)cc2C)c1=O.